The van der Waals surface area contributed by atoms with Gasteiger partial charge in [0.15, 0.2) is 0 Å². The van der Waals surface area contributed by atoms with E-state index in [0.29, 0.717) is 17.5 Å². The highest BCUT2D eigenvalue weighted by atomic mass is 16.3. The summed E-state index contributed by atoms with van der Waals surface area (Å²) in [5.41, 5.74) is 9.31. The number of benzene rings is 1. The first-order valence-electron chi connectivity index (χ1n) is 6.01. The normalized spacial score (nSPS) is 15.3. The summed E-state index contributed by atoms with van der Waals surface area (Å²) >= 11 is 0. The molecule has 4 rings (SSSR count). The summed E-state index contributed by atoms with van der Waals surface area (Å²) < 4.78 is 5.35. The Morgan fingerprint density at radius 1 is 1.33 bits per heavy atom. The zero-order valence-corrected chi connectivity index (χ0v) is 9.68. The SMILES string of the molecule is Nc1ccc(-c2ncco2)c2nc(C3CC3)[nH]c12. The van der Waals surface area contributed by atoms with E-state index in [1.807, 2.05) is 12.1 Å². The molecule has 0 unspecified atom stereocenters. The number of aromatic amines is 1. The molecule has 0 bridgehead atoms. The minimum absolute atomic E-state index is 0.564. The van der Waals surface area contributed by atoms with E-state index in [4.69, 9.17) is 10.2 Å². The number of oxazole rings is 1. The van der Waals surface area contributed by atoms with Gasteiger partial charge in [-0.15, -0.1) is 0 Å². The Balaban J connectivity index is 2.00. The van der Waals surface area contributed by atoms with Gasteiger partial charge in [-0.25, -0.2) is 9.97 Å². The van der Waals surface area contributed by atoms with Gasteiger partial charge in [0.05, 0.1) is 23.0 Å². The Bertz CT molecular complexity index is 710. The summed E-state index contributed by atoms with van der Waals surface area (Å²) in [6.07, 6.45) is 5.60. The molecule has 18 heavy (non-hydrogen) atoms. The van der Waals surface area contributed by atoms with E-state index >= 15 is 0 Å². The number of nitrogens with zero attached hydrogens (tertiary/aromatic N) is 2. The van der Waals surface area contributed by atoms with E-state index in [0.717, 1.165) is 22.4 Å². The van der Waals surface area contributed by atoms with Crippen LogP contribution in [0.4, 0.5) is 5.69 Å². The molecule has 5 nitrogen and oxygen atoms in total. The summed E-state index contributed by atoms with van der Waals surface area (Å²) in [5.74, 6) is 2.17. The monoisotopic (exact) mass is 240 g/mol. The van der Waals surface area contributed by atoms with E-state index in [1.165, 1.54) is 12.8 Å². The molecular weight excluding hydrogens is 228 g/mol. The second-order valence-electron chi connectivity index (χ2n) is 4.66. The van der Waals surface area contributed by atoms with E-state index in [2.05, 4.69) is 15.0 Å². The van der Waals surface area contributed by atoms with Crippen molar-refractivity contribution in [1.82, 2.24) is 15.0 Å². The van der Waals surface area contributed by atoms with Gasteiger partial charge < -0.3 is 15.1 Å². The number of fused-ring (bicyclic) bond motifs is 1. The van der Waals surface area contributed by atoms with Gasteiger partial charge in [-0.2, -0.15) is 0 Å². The van der Waals surface area contributed by atoms with Crippen LogP contribution in [-0.4, -0.2) is 15.0 Å². The van der Waals surface area contributed by atoms with Gasteiger partial charge >= 0.3 is 0 Å². The third-order valence-electron chi connectivity index (χ3n) is 3.32. The second kappa shape index (κ2) is 3.35. The fraction of sp³-hybridized carbons (Fsp3) is 0.231. The van der Waals surface area contributed by atoms with Crippen LogP contribution in [-0.2, 0) is 0 Å². The maximum atomic E-state index is 5.99. The largest absolute Gasteiger partial charge is 0.444 e. The van der Waals surface area contributed by atoms with Crippen LogP contribution in [0.5, 0.6) is 0 Å². The van der Waals surface area contributed by atoms with Gasteiger partial charge in [0, 0.05) is 5.92 Å². The van der Waals surface area contributed by atoms with Gasteiger partial charge in [-0.05, 0) is 25.0 Å². The summed E-state index contributed by atoms with van der Waals surface area (Å²) in [5, 5.41) is 0. The fourth-order valence-electron chi connectivity index (χ4n) is 2.21. The highest BCUT2D eigenvalue weighted by molar-refractivity contribution is 5.96. The number of nitrogens with two attached hydrogens (primary N) is 1. The Labute approximate surface area is 103 Å². The van der Waals surface area contributed by atoms with Crippen molar-refractivity contribution in [3.05, 3.63) is 30.4 Å². The number of H-pyrrole nitrogens is 1. The Morgan fingerprint density at radius 3 is 2.94 bits per heavy atom. The molecule has 0 amide bonds. The van der Waals surface area contributed by atoms with Crippen LogP contribution in [0.1, 0.15) is 24.6 Å². The highest BCUT2D eigenvalue weighted by Crippen LogP contribution is 2.40. The summed E-state index contributed by atoms with van der Waals surface area (Å²) in [6.45, 7) is 0. The second-order valence-corrected chi connectivity index (χ2v) is 4.66. The molecule has 3 aromatic rings. The molecule has 1 fully saturated rings. The van der Waals surface area contributed by atoms with Crippen LogP contribution < -0.4 is 5.73 Å². The molecular formula is C13H12N4O. The van der Waals surface area contributed by atoms with Crippen LogP contribution >= 0.6 is 0 Å². The molecule has 0 atom stereocenters. The molecule has 1 aliphatic rings. The van der Waals surface area contributed by atoms with Crippen molar-refractivity contribution >= 4 is 16.7 Å². The van der Waals surface area contributed by atoms with Crippen molar-refractivity contribution in [2.24, 2.45) is 0 Å². The average molecular weight is 240 g/mol. The van der Waals surface area contributed by atoms with E-state index in [1.54, 1.807) is 12.5 Å². The molecule has 1 aromatic carbocycles. The lowest BCUT2D eigenvalue weighted by atomic mass is 10.1. The maximum Gasteiger partial charge on any atom is 0.228 e. The molecule has 0 spiro atoms. The van der Waals surface area contributed by atoms with E-state index in [-0.39, 0.29) is 0 Å². The van der Waals surface area contributed by atoms with Crippen LogP contribution in [0.15, 0.2) is 29.0 Å². The molecule has 2 aromatic heterocycles. The quantitative estimate of drug-likeness (QED) is 0.675. The predicted molar refractivity (Wildman–Crippen MR) is 68.0 cm³/mol. The van der Waals surface area contributed by atoms with Crippen LogP contribution in [0.3, 0.4) is 0 Å². The first-order chi connectivity index (χ1) is 8.83. The molecule has 1 saturated carbocycles. The summed E-state index contributed by atoms with van der Waals surface area (Å²) in [4.78, 5) is 12.2. The molecule has 3 N–H and O–H groups in total. The lowest BCUT2D eigenvalue weighted by molar-refractivity contribution is 0.575. The number of nitrogen functional groups attached to an aromatic ring is 1. The lowest BCUT2D eigenvalue weighted by Gasteiger charge is -1.99. The van der Waals surface area contributed by atoms with E-state index < -0.39 is 0 Å². The Kier molecular flexibility index (Phi) is 1.81. The van der Waals surface area contributed by atoms with Gasteiger partial charge in [0.1, 0.15) is 17.6 Å². The molecule has 1 aliphatic carbocycles. The topological polar surface area (TPSA) is 80.7 Å². The van der Waals surface area contributed by atoms with Gasteiger partial charge in [-0.3, -0.25) is 0 Å². The molecule has 0 radical (unpaired) electrons. The average Bonchev–Trinajstić information content (AvgIpc) is 2.92. The molecule has 0 aliphatic heterocycles. The van der Waals surface area contributed by atoms with Crippen molar-refractivity contribution in [3.63, 3.8) is 0 Å². The molecule has 2 heterocycles. The molecule has 90 valence electrons. The standard InChI is InChI=1S/C13H12N4O/c14-9-4-3-8(13-15-5-6-18-13)10-11(9)17-12(16-10)7-1-2-7/h3-7H,1-2,14H2,(H,16,17). The van der Waals surface area contributed by atoms with Crippen molar-refractivity contribution in [2.45, 2.75) is 18.8 Å². The predicted octanol–water partition coefficient (Wildman–Crippen LogP) is 2.68. The fourth-order valence-corrected chi connectivity index (χ4v) is 2.21. The number of hydrogen-bond donors (Lipinski definition) is 2. The van der Waals surface area contributed by atoms with Crippen molar-refractivity contribution in [2.75, 3.05) is 5.73 Å². The van der Waals surface area contributed by atoms with Crippen LogP contribution in [0.25, 0.3) is 22.5 Å². The number of nitrogens with one attached hydrogen (secondary N) is 1. The summed E-state index contributed by atoms with van der Waals surface area (Å²) in [7, 11) is 0. The van der Waals surface area contributed by atoms with Gasteiger partial charge in [0.2, 0.25) is 5.89 Å². The number of anilines is 1. The van der Waals surface area contributed by atoms with Crippen molar-refractivity contribution < 1.29 is 4.42 Å². The maximum absolute atomic E-state index is 5.99. The minimum Gasteiger partial charge on any atom is -0.444 e. The first-order valence-corrected chi connectivity index (χ1v) is 6.01. The third-order valence-corrected chi connectivity index (χ3v) is 3.32. The zero-order chi connectivity index (χ0) is 12.1. The van der Waals surface area contributed by atoms with Crippen molar-refractivity contribution in [3.8, 4) is 11.5 Å². The number of hydrogen-bond acceptors (Lipinski definition) is 4. The van der Waals surface area contributed by atoms with Crippen LogP contribution in [0.2, 0.25) is 0 Å². The smallest absolute Gasteiger partial charge is 0.228 e. The minimum atomic E-state index is 0.564. The Hall–Kier alpha value is -2.30. The number of imidazole rings is 1. The van der Waals surface area contributed by atoms with E-state index in [9.17, 15) is 0 Å². The molecule has 0 saturated heterocycles. The Morgan fingerprint density at radius 2 is 2.22 bits per heavy atom. The number of aromatic nitrogens is 3. The molecule has 5 heteroatoms. The third kappa shape index (κ3) is 1.33. The highest BCUT2D eigenvalue weighted by Gasteiger charge is 2.28. The van der Waals surface area contributed by atoms with Crippen molar-refractivity contribution in [1.29, 1.82) is 0 Å². The zero-order valence-electron chi connectivity index (χ0n) is 9.68. The number of rotatable bonds is 2. The summed E-state index contributed by atoms with van der Waals surface area (Å²) in [6, 6.07) is 3.76. The van der Waals surface area contributed by atoms with Crippen LogP contribution in [0, 0.1) is 0 Å². The first kappa shape index (κ1) is 9.70. The lowest BCUT2D eigenvalue weighted by Crippen LogP contribution is -1.88. The van der Waals surface area contributed by atoms with Gasteiger partial charge in [0.25, 0.3) is 0 Å². The van der Waals surface area contributed by atoms with Gasteiger partial charge in [-0.1, -0.05) is 0 Å².